The van der Waals surface area contributed by atoms with Crippen LogP contribution in [-0.2, 0) is 38.1 Å². The molecule has 0 heterocycles. The number of allylic oxidation sites excluding steroid dienone is 3. The molecule has 0 N–H and O–H groups in total. The van der Waals surface area contributed by atoms with Crippen molar-refractivity contribution in [2.75, 3.05) is 6.61 Å². The number of esters is 4. The molecule has 0 bridgehead atoms. The molecule has 0 aliphatic heterocycles. The van der Waals surface area contributed by atoms with Crippen LogP contribution in [0.15, 0.2) is 23.8 Å². The molecule has 0 aromatic heterocycles. The van der Waals surface area contributed by atoms with Gasteiger partial charge in [-0.15, -0.1) is 0 Å². The average molecular weight is 508 g/mol. The largest absolute Gasteiger partial charge is 0.466 e. The van der Waals surface area contributed by atoms with Crippen molar-refractivity contribution in [1.29, 1.82) is 0 Å². The van der Waals surface area contributed by atoms with Gasteiger partial charge in [-0.25, -0.2) is 0 Å². The highest BCUT2D eigenvalue weighted by atomic mass is 18.4. The summed E-state index contributed by atoms with van der Waals surface area (Å²) >= 11 is 0. The van der Waals surface area contributed by atoms with Gasteiger partial charge >= 0.3 is 23.9 Å². The fourth-order valence-electron chi connectivity index (χ4n) is 5.36. The zero-order valence-corrected chi connectivity index (χ0v) is 21.8. The third kappa shape index (κ3) is 9.49. The molecule has 0 unspecified atom stereocenters. The van der Waals surface area contributed by atoms with Crippen LogP contribution < -0.4 is 0 Å². The maximum Gasteiger partial charge on any atom is 0.302 e. The molecule has 8 nitrogen and oxygen atoms in total. The van der Waals surface area contributed by atoms with Gasteiger partial charge in [0.15, 0.2) is 0 Å². The molecule has 0 saturated heterocycles. The summed E-state index contributed by atoms with van der Waals surface area (Å²) in [4.78, 5) is 46.4. The van der Waals surface area contributed by atoms with Gasteiger partial charge in [-0.1, -0.05) is 32.1 Å². The first-order valence-corrected chi connectivity index (χ1v) is 12.5. The van der Waals surface area contributed by atoms with Crippen molar-refractivity contribution in [3.05, 3.63) is 23.8 Å². The summed E-state index contributed by atoms with van der Waals surface area (Å²) in [6.07, 6.45) is 8.13. The number of fused-ring (bicyclic) bond motifs is 1. The highest BCUT2D eigenvalue weighted by Crippen LogP contribution is 2.45. The van der Waals surface area contributed by atoms with Crippen LogP contribution in [0.5, 0.6) is 0 Å². The van der Waals surface area contributed by atoms with E-state index in [-0.39, 0.29) is 36.4 Å². The van der Waals surface area contributed by atoms with Gasteiger partial charge in [0.1, 0.15) is 18.3 Å². The first kappa shape index (κ1) is 28.6. The predicted molar refractivity (Wildman–Crippen MR) is 129 cm³/mol. The SMILES string of the molecule is CC(=O)O[C@H]1[13CH2][C@@H](C)[13CH]=C2[13CH]=C[13C@H](C)[C@H]([13CH2]C[13C@@H](C[13C@@H](C[13CH2][18O]C(C)=O)[18O]C(C)=O)[18O]C(C)=O)[13C@H]21. The molecule has 2 rings (SSSR count). The molecule has 0 saturated carbocycles. The summed E-state index contributed by atoms with van der Waals surface area (Å²) < 4.78 is 21.8. The summed E-state index contributed by atoms with van der Waals surface area (Å²) in [5.74, 6) is -0.668. The number of ether oxygens (including phenoxy) is 4. The minimum Gasteiger partial charge on any atom is -0.466 e. The highest BCUT2D eigenvalue weighted by Gasteiger charge is 2.41. The van der Waals surface area contributed by atoms with E-state index in [1.165, 1.54) is 33.3 Å². The van der Waals surface area contributed by atoms with Gasteiger partial charge in [0, 0.05) is 46.5 Å². The second-order valence-electron chi connectivity index (χ2n) is 9.84. The molecule has 0 radical (unpaired) electrons. The lowest BCUT2D eigenvalue weighted by molar-refractivity contribution is -0.156. The van der Waals surface area contributed by atoms with Crippen molar-refractivity contribution in [3.8, 4) is 0 Å². The molecule has 0 aromatic carbocycles. The smallest absolute Gasteiger partial charge is 0.302 e. The molecule has 0 amide bonds. The lowest BCUT2D eigenvalue weighted by atomic mass is 10.1. The summed E-state index contributed by atoms with van der Waals surface area (Å²) in [5, 5.41) is 0. The van der Waals surface area contributed by atoms with Crippen molar-refractivity contribution in [3.63, 3.8) is 0 Å². The second kappa shape index (κ2) is 13.4. The Labute approximate surface area is 208 Å². The van der Waals surface area contributed by atoms with Crippen LogP contribution in [0, 0.1) is 23.7 Å². The number of carbonyl (C=O) groups is 4. The molecule has 7 atom stereocenters. The van der Waals surface area contributed by atoms with Gasteiger partial charge < -0.3 is 18.9 Å². The number of carbonyl (C=O) groups excluding carboxylic acids is 4. The normalized spacial score (nSPS) is 27.0. The monoisotopic (exact) mass is 507 g/mol. The van der Waals surface area contributed by atoms with Crippen molar-refractivity contribution in [2.24, 2.45) is 23.7 Å². The van der Waals surface area contributed by atoms with Gasteiger partial charge in [-0.05, 0) is 42.6 Å². The number of rotatable bonds is 11. The van der Waals surface area contributed by atoms with E-state index in [9.17, 15) is 19.2 Å². The van der Waals surface area contributed by atoms with Crippen LogP contribution in [0.3, 0.4) is 0 Å². The van der Waals surface area contributed by atoms with E-state index in [1.54, 1.807) is 0 Å². The van der Waals surface area contributed by atoms with E-state index in [2.05, 4.69) is 32.1 Å². The molecular weight excluding hydrogens is 467 g/mol. The molecule has 0 fully saturated rings. The Morgan fingerprint density at radius 1 is 0.971 bits per heavy atom. The van der Waals surface area contributed by atoms with Gasteiger partial charge in [0.2, 0.25) is 0 Å². The lowest BCUT2D eigenvalue weighted by Crippen LogP contribution is -2.41. The van der Waals surface area contributed by atoms with Crippen molar-refractivity contribution in [2.45, 2.75) is 92.0 Å². The molecular formula is C27H40O8. The summed E-state index contributed by atoms with van der Waals surface area (Å²) in [6, 6.07) is 0. The Morgan fingerprint density at radius 2 is 1.60 bits per heavy atom. The van der Waals surface area contributed by atoms with Crippen LogP contribution in [0.4, 0.5) is 0 Å². The van der Waals surface area contributed by atoms with Crippen LogP contribution in [0.25, 0.3) is 0 Å². The van der Waals surface area contributed by atoms with E-state index in [0.29, 0.717) is 25.2 Å². The number of hydrogen-bond donors (Lipinski definition) is 0. The predicted octanol–water partition coefficient (Wildman–Crippen LogP) is 4.31. The Kier molecular flexibility index (Phi) is 11.0. The quantitative estimate of drug-likeness (QED) is 0.176. The van der Waals surface area contributed by atoms with E-state index in [1.807, 2.05) is 0 Å². The first-order chi connectivity index (χ1) is 16.5. The zero-order chi connectivity index (χ0) is 26.1. The topological polar surface area (TPSA) is 105 Å². The fourth-order valence-corrected chi connectivity index (χ4v) is 5.36. The van der Waals surface area contributed by atoms with E-state index in [0.717, 1.165) is 12.8 Å². The van der Waals surface area contributed by atoms with Gasteiger partial charge in [0.05, 0.1) is 6.61 Å². The van der Waals surface area contributed by atoms with Gasteiger partial charge in [-0.2, -0.15) is 0 Å². The Hall–Kier alpha value is -2.64. The van der Waals surface area contributed by atoms with E-state index in [4.69, 9.17) is 18.9 Å². The van der Waals surface area contributed by atoms with Crippen LogP contribution in [0.2, 0.25) is 0 Å². The Bertz CT molecular complexity index is 829. The molecule has 35 heavy (non-hydrogen) atoms. The van der Waals surface area contributed by atoms with E-state index >= 15 is 0 Å². The van der Waals surface area contributed by atoms with Crippen molar-refractivity contribution >= 4 is 23.9 Å². The molecule has 0 spiro atoms. The summed E-state index contributed by atoms with van der Waals surface area (Å²) in [5.41, 5.74) is 1.20. The van der Waals surface area contributed by atoms with Crippen molar-refractivity contribution in [1.82, 2.24) is 0 Å². The minimum absolute atomic E-state index is 0.0845. The standard InChI is InChI=1S/C27H40O8/c1-16-13-22-8-7-17(2)25(27(22)26(14-16)35-21(6)31)10-9-23(33-19(4)29)15-24(34-20(5)30)11-12-32-18(3)28/h7-8,13,16-17,23-27H,9-12,14-15H2,1-6H3/t16-,17-,23-,24+,25-,26-,27-/m0/s1/i8+1,10+1,12+1,13+1,14+1,17+1,23+1,24+1,27+1,32+2,33+2,34+2. The minimum atomic E-state index is -0.542. The van der Waals surface area contributed by atoms with E-state index < -0.39 is 30.1 Å². The molecule has 196 valence electrons. The van der Waals surface area contributed by atoms with Gasteiger partial charge in [-0.3, -0.25) is 19.2 Å². The molecule has 0 aromatic rings. The van der Waals surface area contributed by atoms with Crippen LogP contribution in [0.1, 0.15) is 73.6 Å². The molecule has 2 aliphatic rings. The summed E-state index contributed by atoms with van der Waals surface area (Å²) in [7, 11) is 0. The average Bonchev–Trinajstić information content (AvgIpc) is 2.71. The van der Waals surface area contributed by atoms with Crippen LogP contribution in [-0.4, -0.2) is 48.8 Å². The maximum atomic E-state index is 11.8. The fraction of sp³-hybridized carbons (Fsp3) is 0.704. The Balaban J connectivity index is 2.15. The maximum absolute atomic E-state index is 11.8. The molecule has 2 aliphatic carbocycles. The third-order valence-corrected chi connectivity index (χ3v) is 6.67. The molecule has 8 heteroatoms. The first-order valence-electron chi connectivity index (χ1n) is 12.5. The lowest BCUT2D eigenvalue weighted by Gasteiger charge is -2.43. The number of hydrogen-bond acceptors (Lipinski definition) is 8. The Morgan fingerprint density at radius 3 is 2.17 bits per heavy atom. The van der Waals surface area contributed by atoms with Gasteiger partial charge in [0.25, 0.3) is 0 Å². The second-order valence-corrected chi connectivity index (χ2v) is 9.84. The third-order valence-electron chi connectivity index (χ3n) is 6.67. The highest BCUT2D eigenvalue weighted by molar-refractivity contribution is 5.67. The zero-order valence-electron chi connectivity index (χ0n) is 21.8. The van der Waals surface area contributed by atoms with Crippen molar-refractivity contribution < 1.29 is 38.1 Å². The summed E-state index contributed by atoms with van der Waals surface area (Å²) in [6.45, 7) is 9.84. The van der Waals surface area contributed by atoms with Crippen LogP contribution >= 0.6 is 0 Å².